The van der Waals surface area contributed by atoms with Gasteiger partial charge in [0.25, 0.3) is 5.56 Å². The minimum Gasteiger partial charge on any atom is -0.410 e. The van der Waals surface area contributed by atoms with Crippen molar-refractivity contribution in [1.82, 2.24) is 20.0 Å². The Balaban J connectivity index is 2.19. The van der Waals surface area contributed by atoms with Crippen LogP contribution >= 0.6 is 0 Å². The smallest absolute Gasteiger partial charge is 0.409 e. The zero-order valence-corrected chi connectivity index (χ0v) is 14.0. The Hall–Kier alpha value is -3.36. The van der Waals surface area contributed by atoms with E-state index in [1.807, 2.05) is 26.8 Å². The molecule has 0 radical (unpaired) electrons. The number of nitrogens with one attached hydrogen (secondary N) is 2. The highest BCUT2D eigenvalue weighted by Crippen LogP contribution is 2.26. The molecule has 0 atom stereocenters. The quantitative estimate of drug-likeness (QED) is 0.667. The monoisotopic (exact) mass is 342 g/mol. The summed E-state index contributed by atoms with van der Waals surface area (Å²) in [5, 5.41) is 15.4. The normalized spacial score (nSPS) is 11.0. The number of aryl methyl sites for hydroxylation is 1. The largest absolute Gasteiger partial charge is 0.410 e. The van der Waals surface area contributed by atoms with Gasteiger partial charge in [0.15, 0.2) is 11.6 Å². The van der Waals surface area contributed by atoms with E-state index in [1.165, 1.54) is 10.7 Å². The molecule has 9 heteroatoms. The Morgan fingerprint density at radius 1 is 1.32 bits per heavy atom. The minimum atomic E-state index is -0.942. The van der Waals surface area contributed by atoms with E-state index in [1.54, 1.807) is 12.1 Å². The van der Waals surface area contributed by atoms with Crippen LogP contribution in [-0.4, -0.2) is 26.1 Å². The summed E-state index contributed by atoms with van der Waals surface area (Å²) in [5.74, 6) is 1.25. The molecule has 2 aromatic heterocycles. The summed E-state index contributed by atoms with van der Waals surface area (Å²) >= 11 is 0. The van der Waals surface area contributed by atoms with Crippen molar-refractivity contribution in [2.75, 3.05) is 5.32 Å². The third-order valence-electron chi connectivity index (χ3n) is 3.55. The lowest BCUT2D eigenvalue weighted by molar-refractivity contribution is 0.211. The number of aromatic nitrogens is 4. The molecule has 0 spiro atoms. The van der Waals surface area contributed by atoms with E-state index in [0.717, 1.165) is 5.69 Å². The number of carbonyl (C=O) groups excluding carboxylic acids is 1. The maximum absolute atomic E-state index is 12.7. The number of benzene rings is 1. The predicted octanol–water partition coefficient (Wildman–Crippen LogP) is 2.21. The average molecular weight is 342 g/mol. The Bertz CT molecular complexity index is 1000. The van der Waals surface area contributed by atoms with Crippen molar-refractivity contribution in [3.63, 3.8) is 0 Å². The van der Waals surface area contributed by atoms with Crippen LogP contribution in [0.2, 0.25) is 0 Å². The number of carbonyl (C=O) groups is 1. The average Bonchev–Trinajstić information content (AvgIpc) is 2.94. The first-order chi connectivity index (χ1) is 11.8. The highest BCUT2D eigenvalue weighted by atomic mass is 16.5. The molecule has 0 aliphatic heterocycles. The Labute approximate surface area is 142 Å². The van der Waals surface area contributed by atoms with Crippen molar-refractivity contribution in [3.8, 4) is 5.75 Å². The van der Waals surface area contributed by atoms with E-state index >= 15 is 0 Å². The third-order valence-corrected chi connectivity index (χ3v) is 3.55. The van der Waals surface area contributed by atoms with E-state index in [9.17, 15) is 9.59 Å². The number of anilines is 2. The highest BCUT2D eigenvalue weighted by Gasteiger charge is 2.15. The fourth-order valence-electron chi connectivity index (χ4n) is 2.46. The lowest BCUT2D eigenvalue weighted by Gasteiger charge is -2.14. The van der Waals surface area contributed by atoms with Gasteiger partial charge < -0.3 is 15.8 Å². The second kappa shape index (κ2) is 6.27. The molecular formula is C16H18N6O3. The maximum Gasteiger partial charge on any atom is 0.409 e. The topological polar surface area (TPSA) is 128 Å². The van der Waals surface area contributed by atoms with Gasteiger partial charge in [0.05, 0.1) is 11.4 Å². The van der Waals surface area contributed by atoms with Crippen molar-refractivity contribution >= 4 is 28.5 Å². The van der Waals surface area contributed by atoms with Crippen LogP contribution in [0.3, 0.4) is 0 Å². The van der Waals surface area contributed by atoms with Crippen molar-refractivity contribution in [3.05, 3.63) is 40.3 Å². The first-order valence-electron chi connectivity index (χ1n) is 7.68. The molecule has 0 fully saturated rings. The minimum absolute atomic E-state index is 0.154. The van der Waals surface area contributed by atoms with E-state index in [0.29, 0.717) is 22.4 Å². The summed E-state index contributed by atoms with van der Waals surface area (Å²) < 4.78 is 6.23. The van der Waals surface area contributed by atoms with Gasteiger partial charge >= 0.3 is 6.09 Å². The molecule has 1 aromatic carbocycles. The molecule has 0 saturated heterocycles. The molecule has 0 aliphatic carbocycles. The molecule has 3 rings (SSSR count). The van der Waals surface area contributed by atoms with E-state index in [4.69, 9.17) is 10.5 Å². The Morgan fingerprint density at radius 3 is 2.68 bits per heavy atom. The van der Waals surface area contributed by atoms with Gasteiger partial charge in [-0.15, -0.1) is 0 Å². The molecule has 9 nitrogen and oxygen atoms in total. The number of amides is 1. The number of ether oxygens (including phenoxy) is 1. The van der Waals surface area contributed by atoms with Gasteiger partial charge in [0.2, 0.25) is 0 Å². The van der Waals surface area contributed by atoms with Crippen molar-refractivity contribution in [2.24, 2.45) is 5.73 Å². The van der Waals surface area contributed by atoms with Crippen molar-refractivity contribution in [2.45, 2.75) is 26.8 Å². The first-order valence-corrected chi connectivity index (χ1v) is 7.68. The second-order valence-corrected chi connectivity index (χ2v) is 5.88. The number of nitrogens with two attached hydrogens (primary N) is 1. The number of rotatable bonds is 4. The van der Waals surface area contributed by atoms with Crippen LogP contribution in [0.15, 0.2) is 29.1 Å². The summed E-state index contributed by atoms with van der Waals surface area (Å²) in [6, 6.07) is 6.34. The van der Waals surface area contributed by atoms with Gasteiger partial charge in [0, 0.05) is 17.1 Å². The summed E-state index contributed by atoms with van der Waals surface area (Å²) in [6.07, 6.45) is -0.942. The molecule has 3 aromatic rings. The number of hydrogen-bond acceptors (Lipinski definition) is 6. The van der Waals surface area contributed by atoms with E-state index in [-0.39, 0.29) is 17.4 Å². The van der Waals surface area contributed by atoms with Gasteiger partial charge in [-0.1, -0.05) is 0 Å². The van der Waals surface area contributed by atoms with E-state index in [2.05, 4.69) is 20.6 Å². The number of hydrogen-bond donors (Lipinski definition) is 3. The maximum atomic E-state index is 12.7. The zero-order chi connectivity index (χ0) is 18.1. The van der Waals surface area contributed by atoms with Crippen LogP contribution in [0.4, 0.5) is 16.4 Å². The number of aromatic amines is 1. The van der Waals surface area contributed by atoms with Crippen LogP contribution in [0.1, 0.15) is 25.6 Å². The lowest BCUT2D eigenvalue weighted by atomic mass is 10.1. The summed E-state index contributed by atoms with van der Waals surface area (Å²) in [6.45, 7) is 5.59. The number of H-pyrrole nitrogens is 1. The van der Waals surface area contributed by atoms with Crippen LogP contribution in [0.5, 0.6) is 5.75 Å². The molecule has 0 unspecified atom stereocenters. The van der Waals surface area contributed by atoms with Crippen LogP contribution in [-0.2, 0) is 0 Å². The number of fused-ring (bicyclic) bond motifs is 1. The molecule has 0 bridgehead atoms. The highest BCUT2D eigenvalue weighted by molar-refractivity contribution is 5.93. The summed E-state index contributed by atoms with van der Waals surface area (Å²) in [5.41, 5.74) is 5.64. The molecule has 1 amide bonds. The predicted molar refractivity (Wildman–Crippen MR) is 93.2 cm³/mol. The van der Waals surface area contributed by atoms with Crippen molar-refractivity contribution < 1.29 is 9.53 Å². The Morgan fingerprint density at radius 2 is 2.08 bits per heavy atom. The van der Waals surface area contributed by atoms with Crippen LogP contribution in [0.25, 0.3) is 10.8 Å². The fraction of sp³-hybridized carbons (Fsp3) is 0.250. The van der Waals surface area contributed by atoms with Gasteiger partial charge in [-0.2, -0.15) is 10.2 Å². The van der Waals surface area contributed by atoms with Gasteiger partial charge in [-0.05, 0) is 39.0 Å². The Kier molecular flexibility index (Phi) is 4.14. The molecule has 0 aliphatic rings. The van der Waals surface area contributed by atoms with Crippen LogP contribution < -0.4 is 21.3 Å². The van der Waals surface area contributed by atoms with Crippen LogP contribution in [0, 0.1) is 6.92 Å². The third kappa shape index (κ3) is 3.30. The molecular weight excluding hydrogens is 324 g/mol. The summed E-state index contributed by atoms with van der Waals surface area (Å²) in [7, 11) is 0. The summed E-state index contributed by atoms with van der Waals surface area (Å²) in [4.78, 5) is 23.7. The number of primary amides is 1. The molecule has 2 heterocycles. The van der Waals surface area contributed by atoms with Gasteiger partial charge in [-0.25, -0.2) is 9.48 Å². The fourth-order valence-corrected chi connectivity index (χ4v) is 2.46. The standard InChI is InChI=1S/C16H18N6O3/c1-8(2)22-15(23)12-7-10(25-16(17)24)4-5-11(12)14(21-22)18-13-6-9(3)19-20-13/h4-8H,1-3H3,(H2,17,24)(H2,18,19,20,21). The second-order valence-electron chi connectivity index (χ2n) is 5.88. The van der Waals surface area contributed by atoms with E-state index < -0.39 is 6.09 Å². The first kappa shape index (κ1) is 16.5. The lowest BCUT2D eigenvalue weighted by Crippen LogP contribution is -2.26. The molecule has 25 heavy (non-hydrogen) atoms. The molecule has 0 saturated carbocycles. The molecule has 4 N–H and O–H groups in total. The van der Waals surface area contributed by atoms with Gasteiger partial charge in [0.1, 0.15) is 5.75 Å². The SMILES string of the molecule is Cc1cc(Nc2nn(C(C)C)c(=O)c3cc(OC(N)=O)ccc23)n[nH]1. The zero-order valence-electron chi connectivity index (χ0n) is 14.0. The van der Waals surface area contributed by atoms with Gasteiger partial charge in [-0.3, -0.25) is 9.89 Å². The number of nitrogens with zero attached hydrogens (tertiary/aromatic N) is 3. The van der Waals surface area contributed by atoms with Crippen molar-refractivity contribution in [1.29, 1.82) is 0 Å². The molecule has 130 valence electrons.